The minimum absolute atomic E-state index is 0.319. The average molecular weight is 184 g/mol. The molecule has 1 aliphatic heterocycles. The van der Waals surface area contributed by atoms with Gasteiger partial charge in [0.05, 0.1) is 0 Å². The lowest BCUT2D eigenvalue weighted by Gasteiger charge is -2.41. The zero-order chi connectivity index (χ0) is 9.90. The highest BCUT2D eigenvalue weighted by Gasteiger charge is 2.34. The molecule has 0 amide bonds. The Morgan fingerprint density at radius 1 is 1.31 bits per heavy atom. The Labute approximate surface area is 82.7 Å². The molecule has 0 aliphatic carbocycles. The van der Waals surface area contributed by atoms with Crippen molar-refractivity contribution in [1.29, 1.82) is 0 Å². The van der Waals surface area contributed by atoms with Crippen molar-refractivity contribution in [1.82, 2.24) is 10.2 Å². The third-order valence-electron chi connectivity index (χ3n) is 3.53. The number of hydrogen-bond acceptors (Lipinski definition) is 2. The predicted octanol–water partition coefficient (Wildman–Crippen LogP) is 1.86. The molecule has 1 aliphatic rings. The Morgan fingerprint density at radius 2 is 1.85 bits per heavy atom. The molecule has 1 atom stereocenters. The first-order valence-corrected chi connectivity index (χ1v) is 5.55. The van der Waals surface area contributed by atoms with E-state index in [0.717, 1.165) is 0 Å². The highest BCUT2D eigenvalue weighted by molar-refractivity contribution is 4.93. The van der Waals surface area contributed by atoms with E-state index >= 15 is 0 Å². The second kappa shape index (κ2) is 4.43. The van der Waals surface area contributed by atoms with E-state index in [1.807, 2.05) is 0 Å². The summed E-state index contributed by atoms with van der Waals surface area (Å²) in [6, 6.07) is 0.616. The van der Waals surface area contributed by atoms with Crippen LogP contribution >= 0.6 is 0 Å². The van der Waals surface area contributed by atoms with Crippen molar-refractivity contribution in [2.75, 3.05) is 20.1 Å². The van der Waals surface area contributed by atoms with Crippen LogP contribution in [0.2, 0.25) is 0 Å². The van der Waals surface area contributed by atoms with Crippen LogP contribution in [0.15, 0.2) is 0 Å². The van der Waals surface area contributed by atoms with Crippen LogP contribution < -0.4 is 5.32 Å². The maximum absolute atomic E-state index is 3.43. The number of rotatable bonds is 4. The molecule has 1 N–H and O–H groups in total. The third-order valence-corrected chi connectivity index (χ3v) is 3.53. The van der Waals surface area contributed by atoms with Gasteiger partial charge in [0.2, 0.25) is 0 Å². The lowest BCUT2D eigenvalue weighted by Crippen LogP contribution is -2.55. The van der Waals surface area contributed by atoms with Gasteiger partial charge < -0.3 is 5.32 Å². The number of likely N-dealkylation sites (N-methyl/N-ethyl adjacent to an activating group) is 1. The van der Waals surface area contributed by atoms with Gasteiger partial charge >= 0.3 is 0 Å². The fraction of sp³-hybridized carbons (Fsp3) is 1.00. The Bertz CT molecular complexity index is 140. The molecule has 1 fully saturated rings. The third kappa shape index (κ3) is 2.23. The van der Waals surface area contributed by atoms with Gasteiger partial charge in [0.1, 0.15) is 0 Å². The zero-order valence-electron chi connectivity index (χ0n) is 9.56. The van der Waals surface area contributed by atoms with Gasteiger partial charge in [0.25, 0.3) is 0 Å². The molecule has 0 bridgehead atoms. The van der Waals surface area contributed by atoms with E-state index in [4.69, 9.17) is 0 Å². The Morgan fingerprint density at radius 3 is 2.23 bits per heavy atom. The van der Waals surface area contributed by atoms with Crippen molar-refractivity contribution in [3.8, 4) is 0 Å². The molecule has 78 valence electrons. The quantitative estimate of drug-likeness (QED) is 0.717. The van der Waals surface area contributed by atoms with E-state index < -0.39 is 0 Å². The molecule has 1 rings (SSSR count). The maximum Gasteiger partial charge on any atom is 0.0306 e. The van der Waals surface area contributed by atoms with Gasteiger partial charge in [-0.1, -0.05) is 6.92 Å². The molecule has 2 nitrogen and oxygen atoms in total. The summed E-state index contributed by atoms with van der Waals surface area (Å²) in [5.74, 6) is 0. The summed E-state index contributed by atoms with van der Waals surface area (Å²) < 4.78 is 0. The van der Waals surface area contributed by atoms with Gasteiger partial charge in [-0.25, -0.2) is 0 Å². The van der Waals surface area contributed by atoms with Crippen molar-refractivity contribution in [2.24, 2.45) is 0 Å². The monoisotopic (exact) mass is 184 g/mol. The SMILES string of the molecule is CCC(NC)C(C)(C)N1CCCC1. The Hall–Kier alpha value is -0.0800. The van der Waals surface area contributed by atoms with Gasteiger partial charge in [-0.05, 0) is 53.2 Å². The first-order chi connectivity index (χ1) is 6.12. The van der Waals surface area contributed by atoms with Crippen LogP contribution in [0.4, 0.5) is 0 Å². The lowest BCUT2D eigenvalue weighted by molar-refractivity contribution is 0.108. The molecule has 2 heteroatoms. The van der Waals surface area contributed by atoms with E-state index in [1.54, 1.807) is 0 Å². The molecule has 1 saturated heterocycles. The Balaban J connectivity index is 2.60. The predicted molar refractivity (Wildman–Crippen MR) is 58.0 cm³/mol. The molecule has 1 unspecified atom stereocenters. The number of nitrogens with one attached hydrogen (secondary N) is 1. The molecule has 0 aromatic heterocycles. The summed E-state index contributed by atoms with van der Waals surface area (Å²) in [6.45, 7) is 9.56. The fourth-order valence-electron chi connectivity index (χ4n) is 2.57. The van der Waals surface area contributed by atoms with Crippen LogP contribution in [0, 0.1) is 0 Å². The van der Waals surface area contributed by atoms with Crippen molar-refractivity contribution >= 4 is 0 Å². The van der Waals surface area contributed by atoms with Gasteiger partial charge in [-0.2, -0.15) is 0 Å². The maximum atomic E-state index is 3.43. The van der Waals surface area contributed by atoms with Crippen LogP contribution in [0.1, 0.15) is 40.0 Å². The second-order valence-corrected chi connectivity index (χ2v) is 4.60. The molecule has 0 radical (unpaired) electrons. The fourth-order valence-corrected chi connectivity index (χ4v) is 2.57. The lowest BCUT2D eigenvalue weighted by atomic mass is 9.91. The summed E-state index contributed by atoms with van der Waals surface area (Å²) in [5.41, 5.74) is 0.319. The van der Waals surface area contributed by atoms with E-state index in [1.165, 1.54) is 32.4 Å². The number of likely N-dealkylation sites (tertiary alicyclic amines) is 1. The topological polar surface area (TPSA) is 15.3 Å². The first kappa shape index (κ1) is 11.0. The largest absolute Gasteiger partial charge is 0.315 e. The zero-order valence-corrected chi connectivity index (χ0v) is 9.56. The molecular weight excluding hydrogens is 160 g/mol. The summed E-state index contributed by atoms with van der Waals surface area (Å²) >= 11 is 0. The molecule has 0 aromatic rings. The first-order valence-electron chi connectivity index (χ1n) is 5.55. The average Bonchev–Trinajstić information content (AvgIpc) is 2.58. The van der Waals surface area contributed by atoms with Gasteiger partial charge in [-0.3, -0.25) is 4.90 Å². The normalized spacial score (nSPS) is 22.2. The van der Waals surface area contributed by atoms with Crippen LogP contribution in [-0.4, -0.2) is 36.6 Å². The summed E-state index contributed by atoms with van der Waals surface area (Å²) in [4.78, 5) is 2.62. The smallest absolute Gasteiger partial charge is 0.0306 e. The van der Waals surface area contributed by atoms with E-state index in [2.05, 4.69) is 38.0 Å². The molecule has 0 spiro atoms. The van der Waals surface area contributed by atoms with E-state index in [-0.39, 0.29) is 0 Å². The standard InChI is InChI=1S/C11H24N2/c1-5-10(12-4)11(2,3)13-8-6-7-9-13/h10,12H,5-9H2,1-4H3. The van der Waals surface area contributed by atoms with E-state index in [0.29, 0.717) is 11.6 Å². The van der Waals surface area contributed by atoms with Crippen LogP contribution in [0.3, 0.4) is 0 Å². The van der Waals surface area contributed by atoms with Crippen molar-refractivity contribution < 1.29 is 0 Å². The molecule has 0 aromatic carbocycles. The molecular formula is C11H24N2. The molecule has 0 saturated carbocycles. The molecule has 13 heavy (non-hydrogen) atoms. The molecule has 1 heterocycles. The minimum Gasteiger partial charge on any atom is -0.315 e. The second-order valence-electron chi connectivity index (χ2n) is 4.60. The highest BCUT2D eigenvalue weighted by atomic mass is 15.2. The summed E-state index contributed by atoms with van der Waals surface area (Å²) in [6.07, 6.45) is 3.97. The van der Waals surface area contributed by atoms with E-state index in [9.17, 15) is 0 Å². The summed E-state index contributed by atoms with van der Waals surface area (Å²) in [5, 5.41) is 3.43. The van der Waals surface area contributed by atoms with Gasteiger partial charge in [0, 0.05) is 11.6 Å². The van der Waals surface area contributed by atoms with Crippen molar-refractivity contribution in [3.63, 3.8) is 0 Å². The number of nitrogens with zero attached hydrogens (tertiary/aromatic N) is 1. The van der Waals surface area contributed by atoms with Crippen LogP contribution in [0.5, 0.6) is 0 Å². The Kier molecular flexibility index (Phi) is 3.74. The van der Waals surface area contributed by atoms with Crippen LogP contribution in [-0.2, 0) is 0 Å². The minimum atomic E-state index is 0.319. The van der Waals surface area contributed by atoms with Gasteiger partial charge in [-0.15, -0.1) is 0 Å². The summed E-state index contributed by atoms with van der Waals surface area (Å²) in [7, 11) is 2.08. The van der Waals surface area contributed by atoms with Crippen LogP contribution in [0.25, 0.3) is 0 Å². The van der Waals surface area contributed by atoms with Crippen molar-refractivity contribution in [2.45, 2.75) is 51.6 Å². The number of hydrogen-bond donors (Lipinski definition) is 1. The van der Waals surface area contributed by atoms with Crippen molar-refractivity contribution in [3.05, 3.63) is 0 Å². The highest BCUT2D eigenvalue weighted by Crippen LogP contribution is 2.25. The van der Waals surface area contributed by atoms with Gasteiger partial charge in [0.15, 0.2) is 0 Å².